The highest BCUT2D eigenvalue weighted by molar-refractivity contribution is 7.25. The van der Waals surface area contributed by atoms with Gasteiger partial charge >= 0.3 is 0 Å². The van der Waals surface area contributed by atoms with Crippen molar-refractivity contribution in [3.63, 3.8) is 0 Å². The first-order valence-electron chi connectivity index (χ1n) is 15.9. The minimum atomic E-state index is 0.645. The van der Waals surface area contributed by atoms with Crippen molar-refractivity contribution in [2.45, 2.75) is 0 Å². The number of benzene rings is 7. The highest BCUT2D eigenvalue weighted by Gasteiger charge is 2.18. The third kappa shape index (κ3) is 4.40. The number of oxazole rings is 1. The van der Waals surface area contributed by atoms with Gasteiger partial charge in [-0.2, -0.15) is 0 Å². The van der Waals surface area contributed by atoms with E-state index in [4.69, 9.17) is 13.8 Å². The molecular weight excluding hydrogens is 609 g/mol. The van der Waals surface area contributed by atoms with Crippen LogP contribution < -0.4 is 4.90 Å². The lowest BCUT2D eigenvalue weighted by Crippen LogP contribution is -2.09. The van der Waals surface area contributed by atoms with E-state index in [0.29, 0.717) is 5.89 Å². The standard InChI is InChI=1S/C43H26N2O2S/c1-3-9-27(10-4-1)28-15-17-30(18-16-28)45(31-20-22-39-35(23-31)33-13-7-8-14-38(33)46-39)32-19-21-34-36-25-37-40(26-42(36)48-41(34)24-32)47-43(44-37)29-11-5-2-6-12-29/h1-26H. The molecule has 226 valence electrons. The van der Waals surface area contributed by atoms with Gasteiger partial charge in [0, 0.05) is 59.6 Å². The Labute approximate surface area is 279 Å². The van der Waals surface area contributed by atoms with Gasteiger partial charge in [-0.05, 0) is 77.9 Å². The summed E-state index contributed by atoms with van der Waals surface area (Å²) in [6.45, 7) is 0. The first-order chi connectivity index (χ1) is 23.7. The van der Waals surface area contributed by atoms with Crippen LogP contribution in [0.1, 0.15) is 0 Å². The molecule has 5 heteroatoms. The number of anilines is 3. The van der Waals surface area contributed by atoms with Crippen molar-refractivity contribution in [1.82, 2.24) is 4.98 Å². The summed E-state index contributed by atoms with van der Waals surface area (Å²) < 4.78 is 14.8. The van der Waals surface area contributed by atoms with Gasteiger partial charge in [-0.15, -0.1) is 11.3 Å². The van der Waals surface area contributed by atoms with E-state index >= 15 is 0 Å². The van der Waals surface area contributed by atoms with E-state index in [0.717, 1.165) is 55.7 Å². The van der Waals surface area contributed by atoms with Gasteiger partial charge in [0.25, 0.3) is 0 Å². The fourth-order valence-corrected chi connectivity index (χ4v) is 7.91. The highest BCUT2D eigenvalue weighted by atomic mass is 32.1. The Kier molecular flexibility index (Phi) is 6.01. The van der Waals surface area contributed by atoms with Crippen molar-refractivity contribution in [2.24, 2.45) is 0 Å². The normalized spacial score (nSPS) is 11.8. The molecule has 48 heavy (non-hydrogen) atoms. The van der Waals surface area contributed by atoms with Crippen molar-refractivity contribution in [2.75, 3.05) is 4.90 Å². The molecule has 0 spiro atoms. The largest absolute Gasteiger partial charge is 0.456 e. The quantitative estimate of drug-likeness (QED) is 0.189. The molecule has 0 atom stereocenters. The molecule has 0 saturated carbocycles. The Balaban J connectivity index is 1.12. The molecule has 10 rings (SSSR count). The van der Waals surface area contributed by atoms with Gasteiger partial charge in [-0.25, -0.2) is 4.98 Å². The van der Waals surface area contributed by atoms with Crippen molar-refractivity contribution < 1.29 is 8.83 Å². The third-order valence-electron chi connectivity index (χ3n) is 9.10. The number of para-hydroxylation sites is 1. The Morgan fingerprint density at radius 2 is 1.06 bits per heavy atom. The van der Waals surface area contributed by atoms with E-state index in [-0.39, 0.29) is 0 Å². The number of nitrogens with zero attached hydrogens (tertiary/aromatic N) is 2. The van der Waals surface area contributed by atoms with Crippen LogP contribution in [0.5, 0.6) is 0 Å². The summed E-state index contributed by atoms with van der Waals surface area (Å²) in [6.07, 6.45) is 0. The maximum atomic E-state index is 6.22. The predicted molar refractivity (Wildman–Crippen MR) is 200 cm³/mol. The van der Waals surface area contributed by atoms with Crippen LogP contribution in [0.15, 0.2) is 167 Å². The number of fused-ring (bicyclic) bond motifs is 7. The molecule has 0 aliphatic carbocycles. The molecule has 0 aliphatic rings. The Morgan fingerprint density at radius 1 is 0.417 bits per heavy atom. The maximum Gasteiger partial charge on any atom is 0.227 e. The van der Waals surface area contributed by atoms with Crippen molar-refractivity contribution >= 4 is 81.6 Å². The summed E-state index contributed by atoms with van der Waals surface area (Å²) in [6, 6.07) is 55.1. The van der Waals surface area contributed by atoms with Gasteiger partial charge in [0.2, 0.25) is 5.89 Å². The van der Waals surface area contributed by atoms with Gasteiger partial charge < -0.3 is 13.7 Å². The first-order valence-corrected chi connectivity index (χ1v) is 16.8. The molecule has 0 fully saturated rings. The summed E-state index contributed by atoms with van der Waals surface area (Å²) in [5.41, 5.74) is 10.0. The van der Waals surface area contributed by atoms with Crippen molar-refractivity contribution in [1.29, 1.82) is 0 Å². The van der Waals surface area contributed by atoms with E-state index in [1.807, 2.05) is 42.5 Å². The maximum absolute atomic E-state index is 6.22. The minimum absolute atomic E-state index is 0.645. The zero-order valence-corrected chi connectivity index (χ0v) is 26.4. The Morgan fingerprint density at radius 3 is 1.90 bits per heavy atom. The molecule has 0 amide bonds. The molecule has 0 aliphatic heterocycles. The monoisotopic (exact) mass is 634 g/mol. The van der Waals surface area contributed by atoms with Crippen LogP contribution in [-0.2, 0) is 0 Å². The van der Waals surface area contributed by atoms with Crippen LogP contribution in [0.2, 0.25) is 0 Å². The second-order valence-electron chi connectivity index (χ2n) is 12.0. The summed E-state index contributed by atoms with van der Waals surface area (Å²) >= 11 is 1.78. The van der Waals surface area contributed by atoms with E-state index in [1.165, 1.54) is 31.3 Å². The molecule has 0 unspecified atom stereocenters. The molecule has 0 N–H and O–H groups in total. The van der Waals surface area contributed by atoms with E-state index in [1.54, 1.807) is 11.3 Å². The summed E-state index contributed by atoms with van der Waals surface area (Å²) in [5.74, 6) is 0.645. The van der Waals surface area contributed by atoms with Crippen LogP contribution in [0.4, 0.5) is 17.1 Å². The second-order valence-corrected chi connectivity index (χ2v) is 13.1. The van der Waals surface area contributed by atoms with Gasteiger partial charge in [0.05, 0.1) is 0 Å². The van der Waals surface area contributed by atoms with Crippen LogP contribution >= 0.6 is 11.3 Å². The summed E-state index contributed by atoms with van der Waals surface area (Å²) in [7, 11) is 0. The molecule has 0 bridgehead atoms. The van der Waals surface area contributed by atoms with E-state index < -0.39 is 0 Å². The number of hydrogen-bond acceptors (Lipinski definition) is 5. The number of aromatic nitrogens is 1. The van der Waals surface area contributed by atoms with Crippen molar-refractivity contribution in [3.8, 4) is 22.6 Å². The number of hydrogen-bond donors (Lipinski definition) is 0. The van der Waals surface area contributed by atoms with E-state index in [2.05, 4.69) is 120 Å². The third-order valence-corrected chi connectivity index (χ3v) is 10.2. The zero-order chi connectivity index (χ0) is 31.6. The summed E-state index contributed by atoms with van der Waals surface area (Å²) in [5, 5.41) is 4.61. The molecule has 0 radical (unpaired) electrons. The molecule has 4 nitrogen and oxygen atoms in total. The molecule has 3 heterocycles. The molecule has 7 aromatic carbocycles. The molecule has 0 saturated heterocycles. The molecule has 10 aromatic rings. The van der Waals surface area contributed by atoms with Gasteiger partial charge in [-0.3, -0.25) is 0 Å². The number of rotatable bonds is 5. The Hall–Kier alpha value is -6.17. The first kappa shape index (κ1) is 27.0. The average molecular weight is 635 g/mol. The molecule has 3 aromatic heterocycles. The lowest BCUT2D eigenvalue weighted by atomic mass is 10.0. The van der Waals surface area contributed by atoms with Crippen molar-refractivity contribution in [3.05, 3.63) is 158 Å². The smallest absolute Gasteiger partial charge is 0.227 e. The van der Waals surface area contributed by atoms with Crippen LogP contribution in [0, 0.1) is 0 Å². The highest BCUT2D eigenvalue weighted by Crippen LogP contribution is 2.43. The topological polar surface area (TPSA) is 42.4 Å². The summed E-state index contributed by atoms with van der Waals surface area (Å²) in [4.78, 5) is 7.17. The van der Waals surface area contributed by atoms with Gasteiger partial charge in [0.15, 0.2) is 5.58 Å². The number of thiophene rings is 1. The lowest BCUT2D eigenvalue weighted by Gasteiger charge is -2.26. The van der Waals surface area contributed by atoms with Crippen LogP contribution in [0.25, 0.3) is 75.8 Å². The van der Waals surface area contributed by atoms with Gasteiger partial charge in [0.1, 0.15) is 16.7 Å². The fourth-order valence-electron chi connectivity index (χ4n) is 6.76. The Bertz CT molecular complexity index is 2780. The SMILES string of the molecule is c1ccc(-c2ccc(N(c3ccc4c(c3)sc3cc5oc(-c6ccccc6)nc5cc34)c3ccc4oc5ccccc5c4c3)cc2)cc1. The van der Waals surface area contributed by atoms with Crippen LogP contribution in [0.3, 0.4) is 0 Å². The minimum Gasteiger partial charge on any atom is -0.456 e. The zero-order valence-electron chi connectivity index (χ0n) is 25.6. The molecular formula is C43H26N2O2S. The van der Waals surface area contributed by atoms with Gasteiger partial charge in [-0.1, -0.05) is 84.9 Å². The van der Waals surface area contributed by atoms with E-state index in [9.17, 15) is 0 Å². The average Bonchev–Trinajstić information content (AvgIpc) is 3.84. The lowest BCUT2D eigenvalue weighted by molar-refractivity contribution is 0.620. The second kappa shape index (κ2) is 10.7. The fraction of sp³-hybridized carbons (Fsp3) is 0. The van der Waals surface area contributed by atoms with Crippen LogP contribution in [-0.4, -0.2) is 4.98 Å². The predicted octanol–water partition coefficient (Wildman–Crippen LogP) is 12.9. The number of furan rings is 1.